The fourth-order valence-electron chi connectivity index (χ4n) is 2.00. The van der Waals surface area contributed by atoms with Crippen LogP contribution in [0.3, 0.4) is 0 Å². The van der Waals surface area contributed by atoms with Gasteiger partial charge in [0.15, 0.2) is 0 Å². The van der Waals surface area contributed by atoms with E-state index in [2.05, 4.69) is 19.1 Å². The van der Waals surface area contributed by atoms with E-state index >= 15 is 0 Å². The average Bonchev–Trinajstić information content (AvgIpc) is 2.43. The number of hydrogen-bond acceptors (Lipinski definition) is 2. The summed E-state index contributed by atoms with van der Waals surface area (Å²) >= 11 is 0. The van der Waals surface area contributed by atoms with Crippen molar-refractivity contribution in [3.05, 3.63) is 24.5 Å². The maximum atomic E-state index is 10.5. The molecule has 0 bridgehead atoms. The number of rotatable bonds is 13. The molecule has 0 amide bonds. The summed E-state index contributed by atoms with van der Waals surface area (Å²) in [5.41, 5.74) is 0. The third kappa shape index (κ3) is 16.9. The number of ether oxygens (including phenoxy) is 1. The van der Waals surface area contributed by atoms with Gasteiger partial charge in [-0.05, 0) is 38.2 Å². The summed E-state index contributed by atoms with van der Waals surface area (Å²) in [4.78, 5) is 10.5. The molecule has 0 unspecified atom stereocenters. The van der Waals surface area contributed by atoms with Crippen molar-refractivity contribution in [2.45, 2.75) is 84.5 Å². The predicted molar refractivity (Wildman–Crippen MR) is 86.5 cm³/mol. The van der Waals surface area contributed by atoms with Crippen molar-refractivity contribution in [1.82, 2.24) is 0 Å². The number of hydrogen-bond donors (Lipinski definition) is 0. The first-order valence-electron chi connectivity index (χ1n) is 8.24. The zero-order valence-electron chi connectivity index (χ0n) is 13.4. The molecule has 2 heteroatoms. The Hall–Kier alpha value is -1.05. The molecule has 0 rings (SSSR count). The number of allylic oxidation sites excluding steroid dienone is 3. The number of carbonyl (C=O) groups is 1. The molecule has 0 aromatic rings. The van der Waals surface area contributed by atoms with Gasteiger partial charge in [-0.15, -0.1) is 0 Å². The summed E-state index contributed by atoms with van der Waals surface area (Å²) in [6, 6.07) is 0. The summed E-state index contributed by atoms with van der Waals surface area (Å²) in [7, 11) is 0. The van der Waals surface area contributed by atoms with E-state index in [1.54, 1.807) is 0 Å². The van der Waals surface area contributed by atoms with Crippen LogP contribution in [0.5, 0.6) is 0 Å². The largest absolute Gasteiger partial charge is 0.435 e. The van der Waals surface area contributed by atoms with Crippen LogP contribution in [0.15, 0.2) is 24.5 Å². The molecule has 0 saturated heterocycles. The molecule has 0 aromatic carbocycles. The van der Waals surface area contributed by atoms with Crippen LogP contribution in [-0.2, 0) is 9.53 Å². The van der Waals surface area contributed by atoms with E-state index in [4.69, 9.17) is 4.74 Å². The summed E-state index contributed by atoms with van der Waals surface area (Å²) in [5, 5.41) is 0. The van der Waals surface area contributed by atoms with Gasteiger partial charge in [-0.1, -0.05) is 57.6 Å². The summed E-state index contributed by atoms with van der Waals surface area (Å²) in [5.74, 6) is -0.245. The second-order valence-corrected chi connectivity index (χ2v) is 5.29. The minimum atomic E-state index is -0.245. The van der Waals surface area contributed by atoms with Crippen LogP contribution in [0.1, 0.15) is 84.5 Å². The first-order chi connectivity index (χ1) is 9.77. The standard InChI is InChI=1S/C18H32O2/c1-3-4-5-6-7-8-9-10-11-12-13-14-15-16-17-20-18(2)19/h6-7,16-17H,3-5,8-15H2,1-2H3/b7-6-,17-16?. The highest BCUT2D eigenvalue weighted by molar-refractivity contribution is 5.66. The molecule has 0 aliphatic rings. The van der Waals surface area contributed by atoms with Crippen LogP contribution in [0.4, 0.5) is 0 Å². The van der Waals surface area contributed by atoms with Gasteiger partial charge in [-0.25, -0.2) is 0 Å². The van der Waals surface area contributed by atoms with Crippen molar-refractivity contribution in [3.8, 4) is 0 Å². The molecule has 0 heterocycles. The third-order valence-electron chi connectivity index (χ3n) is 3.21. The lowest BCUT2D eigenvalue weighted by atomic mass is 10.1. The monoisotopic (exact) mass is 280 g/mol. The van der Waals surface area contributed by atoms with Gasteiger partial charge >= 0.3 is 5.97 Å². The van der Waals surface area contributed by atoms with Gasteiger partial charge in [-0.3, -0.25) is 4.79 Å². The van der Waals surface area contributed by atoms with Crippen molar-refractivity contribution >= 4 is 5.97 Å². The number of carbonyl (C=O) groups excluding carboxylic acids is 1. The minimum absolute atomic E-state index is 0.245. The Labute approximate surface area is 125 Å². The van der Waals surface area contributed by atoms with E-state index in [-0.39, 0.29) is 5.97 Å². The predicted octanol–water partition coefficient (Wildman–Crippen LogP) is 5.93. The van der Waals surface area contributed by atoms with E-state index in [1.807, 2.05) is 6.08 Å². The highest BCUT2D eigenvalue weighted by Crippen LogP contribution is 2.09. The van der Waals surface area contributed by atoms with Crippen molar-refractivity contribution in [3.63, 3.8) is 0 Å². The molecule has 116 valence electrons. The first kappa shape index (κ1) is 18.9. The zero-order chi connectivity index (χ0) is 14.9. The lowest BCUT2D eigenvalue weighted by Crippen LogP contribution is -1.89. The van der Waals surface area contributed by atoms with Crippen LogP contribution in [0.2, 0.25) is 0 Å². The number of unbranched alkanes of at least 4 members (excludes halogenated alkanes) is 9. The first-order valence-corrected chi connectivity index (χ1v) is 8.24. The lowest BCUT2D eigenvalue weighted by molar-refractivity contribution is -0.135. The maximum Gasteiger partial charge on any atom is 0.307 e. The van der Waals surface area contributed by atoms with Gasteiger partial charge in [0.1, 0.15) is 0 Å². The summed E-state index contributed by atoms with van der Waals surface area (Å²) in [6.45, 7) is 3.66. The van der Waals surface area contributed by atoms with Crippen LogP contribution in [0, 0.1) is 0 Å². The molecular formula is C18H32O2. The highest BCUT2D eigenvalue weighted by Gasteiger charge is 1.90. The maximum absolute atomic E-state index is 10.5. The number of esters is 1. The van der Waals surface area contributed by atoms with Crippen LogP contribution in [0.25, 0.3) is 0 Å². The molecule has 0 N–H and O–H groups in total. The van der Waals surface area contributed by atoms with E-state index in [0.29, 0.717) is 0 Å². The molecular weight excluding hydrogens is 248 g/mol. The van der Waals surface area contributed by atoms with Crippen molar-refractivity contribution in [1.29, 1.82) is 0 Å². The molecule has 0 aliphatic heterocycles. The Balaban J connectivity index is 3.11. The second-order valence-electron chi connectivity index (χ2n) is 5.29. The quantitative estimate of drug-likeness (QED) is 0.181. The Kier molecular flexibility index (Phi) is 15.2. The van der Waals surface area contributed by atoms with Gasteiger partial charge in [0.05, 0.1) is 6.26 Å². The lowest BCUT2D eigenvalue weighted by Gasteiger charge is -1.99. The van der Waals surface area contributed by atoms with Crippen LogP contribution >= 0.6 is 0 Å². The van der Waals surface area contributed by atoms with Crippen molar-refractivity contribution in [2.24, 2.45) is 0 Å². The average molecular weight is 280 g/mol. The van der Waals surface area contributed by atoms with E-state index in [1.165, 1.54) is 77.4 Å². The van der Waals surface area contributed by atoms with E-state index in [9.17, 15) is 4.79 Å². The SMILES string of the molecule is CCCC/C=C\CCCCCCCCC=COC(C)=O. The van der Waals surface area contributed by atoms with Gasteiger partial charge in [0.2, 0.25) is 0 Å². The van der Waals surface area contributed by atoms with Crippen molar-refractivity contribution in [2.75, 3.05) is 0 Å². The second kappa shape index (κ2) is 16.0. The Morgan fingerprint density at radius 1 is 0.800 bits per heavy atom. The van der Waals surface area contributed by atoms with E-state index < -0.39 is 0 Å². The van der Waals surface area contributed by atoms with Crippen LogP contribution < -0.4 is 0 Å². The third-order valence-corrected chi connectivity index (χ3v) is 3.21. The molecule has 0 atom stereocenters. The Bertz CT molecular complexity index is 267. The van der Waals surface area contributed by atoms with Crippen LogP contribution in [-0.4, -0.2) is 5.97 Å². The fraction of sp³-hybridized carbons (Fsp3) is 0.722. The Morgan fingerprint density at radius 2 is 1.30 bits per heavy atom. The molecule has 2 nitrogen and oxygen atoms in total. The molecule has 0 aliphatic carbocycles. The Morgan fingerprint density at radius 3 is 1.85 bits per heavy atom. The van der Waals surface area contributed by atoms with Crippen molar-refractivity contribution < 1.29 is 9.53 Å². The molecule has 0 spiro atoms. The molecule has 20 heavy (non-hydrogen) atoms. The fourth-order valence-corrected chi connectivity index (χ4v) is 2.00. The highest BCUT2D eigenvalue weighted by atomic mass is 16.5. The minimum Gasteiger partial charge on any atom is -0.435 e. The molecule has 0 aromatic heterocycles. The van der Waals surface area contributed by atoms with Gasteiger partial charge < -0.3 is 4.74 Å². The topological polar surface area (TPSA) is 26.3 Å². The normalized spacial score (nSPS) is 11.5. The molecule has 0 fully saturated rings. The molecule has 0 saturated carbocycles. The summed E-state index contributed by atoms with van der Waals surface area (Å²) in [6.07, 6.45) is 22.0. The van der Waals surface area contributed by atoms with Gasteiger partial charge in [0.25, 0.3) is 0 Å². The zero-order valence-corrected chi connectivity index (χ0v) is 13.4. The van der Waals surface area contributed by atoms with Gasteiger partial charge in [-0.2, -0.15) is 0 Å². The molecule has 0 radical (unpaired) electrons. The summed E-state index contributed by atoms with van der Waals surface area (Å²) < 4.78 is 4.72. The smallest absolute Gasteiger partial charge is 0.307 e. The van der Waals surface area contributed by atoms with Gasteiger partial charge in [0, 0.05) is 6.92 Å². The van der Waals surface area contributed by atoms with E-state index in [0.717, 1.165) is 6.42 Å².